The fraction of sp³-hybridized carbons (Fsp3) is 0. The van der Waals surface area contributed by atoms with Crippen molar-refractivity contribution in [2.24, 2.45) is 0 Å². The Labute approximate surface area is 95.3 Å². The molecule has 0 aliphatic carbocycles. The van der Waals surface area contributed by atoms with Crippen molar-refractivity contribution in [1.82, 2.24) is 4.98 Å². The number of para-hydroxylation sites is 1. The number of hydrogen-bond donors (Lipinski definition) is 0. The summed E-state index contributed by atoms with van der Waals surface area (Å²) in [5.41, 5.74) is 0. The Balaban J connectivity index is 2.21. The van der Waals surface area contributed by atoms with Crippen molar-refractivity contribution in [3.8, 4) is 10.9 Å². The molecule has 5 heteroatoms. The molecule has 0 fully saturated rings. The molecule has 0 amide bonds. The number of halogens is 1. The molecular weight excluding hydrogens is 234 g/mol. The minimum Gasteiger partial charge on any atom is -0.431 e. The largest absolute Gasteiger partial charge is 0.431 e. The minimum atomic E-state index is 0.181. The van der Waals surface area contributed by atoms with Crippen LogP contribution in [0.2, 0.25) is 5.15 Å². The van der Waals surface area contributed by atoms with E-state index in [0.29, 0.717) is 22.1 Å². The number of benzene rings is 1. The van der Waals surface area contributed by atoms with Gasteiger partial charge in [0.1, 0.15) is 10.6 Å². The number of carbonyl (C=O) groups excluding carboxylic acids is 1. The third-order valence-corrected chi connectivity index (χ3v) is 2.90. The van der Waals surface area contributed by atoms with Gasteiger partial charge in [-0.1, -0.05) is 41.1 Å². The van der Waals surface area contributed by atoms with Gasteiger partial charge in [-0.25, -0.2) is 0 Å². The highest BCUT2D eigenvalue weighted by atomic mass is 35.5. The van der Waals surface area contributed by atoms with Crippen LogP contribution in [-0.4, -0.2) is 11.3 Å². The SMILES string of the molecule is O=Cc1sc(Oc2ccccc2)nc1Cl. The molecule has 76 valence electrons. The first kappa shape index (κ1) is 10.1. The zero-order valence-corrected chi connectivity index (χ0v) is 9.09. The first-order valence-electron chi connectivity index (χ1n) is 4.14. The highest BCUT2D eigenvalue weighted by Gasteiger charge is 2.09. The standard InChI is InChI=1S/C10H6ClNO2S/c11-9-8(6-13)15-10(12-9)14-7-4-2-1-3-5-7/h1-6H. The predicted octanol–water partition coefficient (Wildman–Crippen LogP) is 3.40. The van der Waals surface area contributed by atoms with Gasteiger partial charge in [-0.3, -0.25) is 4.79 Å². The molecule has 0 unspecified atom stereocenters. The van der Waals surface area contributed by atoms with E-state index in [0.717, 1.165) is 11.3 Å². The second-order valence-corrected chi connectivity index (χ2v) is 4.02. The maximum atomic E-state index is 10.5. The third-order valence-electron chi connectivity index (χ3n) is 1.65. The van der Waals surface area contributed by atoms with Gasteiger partial charge >= 0.3 is 0 Å². The number of hydrogen-bond acceptors (Lipinski definition) is 4. The number of aldehydes is 1. The van der Waals surface area contributed by atoms with Crippen LogP contribution < -0.4 is 4.74 Å². The smallest absolute Gasteiger partial charge is 0.280 e. The van der Waals surface area contributed by atoms with Gasteiger partial charge in [0.25, 0.3) is 5.19 Å². The summed E-state index contributed by atoms with van der Waals surface area (Å²) in [6, 6.07) is 9.20. The highest BCUT2D eigenvalue weighted by molar-refractivity contribution is 7.15. The van der Waals surface area contributed by atoms with Crippen LogP contribution in [0.15, 0.2) is 30.3 Å². The molecule has 1 heterocycles. The lowest BCUT2D eigenvalue weighted by atomic mass is 10.3. The number of ether oxygens (including phenoxy) is 1. The van der Waals surface area contributed by atoms with Gasteiger partial charge in [0.2, 0.25) is 0 Å². The Kier molecular flexibility index (Phi) is 2.99. The van der Waals surface area contributed by atoms with Gasteiger partial charge < -0.3 is 4.74 Å². The van der Waals surface area contributed by atoms with Crippen molar-refractivity contribution in [2.75, 3.05) is 0 Å². The number of rotatable bonds is 3. The van der Waals surface area contributed by atoms with Gasteiger partial charge in [-0.2, -0.15) is 4.98 Å². The lowest BCUT2D eigenvalue weighted by Gasteiger charge is -1.98. The molecule has 0 atom stereocenters. The van der Waals surface area contributed by atoms with Crippen LogP contribution in [-0.2, 0) is 0 Å². The van der Waals surface area contributed by atoms with E-state index in [1.807, 2.05) is 18.2 Å². The normalized spacial score (nSPS) is 9.93. The molecule has 3 nitrogen and oxygen atoms in total. The summed E-state index contributed by atoms with van der Waals surface area (Å²) >= 11 is 6.82. The Bertz CT molecular complexity index is 470. The molecule has 0 N–H and O–H groups in total. The third kappa shape index (κ3) is 2.34. The summed E-state index contributed by atoms with van der Waals surface area (Å²) in [6.07, 6.45) is 0.665. The summed E-state index contributed by atoms with van der Waals surface area (Å²) in [5.74, 6) is 0.667. The Hall–Kier alpha value is -1.39. The first-order valence-corrected chi connectivity index (χ1v) is 5.33. The van der Waals surface area contributed by atoms with E-state index in [1.165, 1.54) is 0 Å². The fourth-order valence-corrected chi connectivity index (χ4v) is 1.93. The Morgan fingerprint density at radius 1 is 1.33 bits per heavy atom. The van der Waals surface area contributed by atoms with Crippen LogP contribution >= 0.6 is 22.9 Å². The molecule has 2 aromatic rings. The summed E-state index contributed by atoms with van der Waals surface area (Å²) in [6.45, 7) is 0. The topological polar surface area (TPSA) is 39.2 Å². The summed E-state index contributed by atoms with van der Waals surface area (Å²) in [7, 11) is 0. The average molecular weight is 240 g/mol. The number of aromatic nitrogens is 1. The minimum absolute atomic E-state index is 0.181. The maximum absolute atomic E-state index is 10.5. The quantitative estimate of drug-likeness (QED) is 0.771. The predicted molar refractivity (Wildman–Crippen MR) is 59.0 cm³/mol. The second-order valence-electron chi connectivity index (χ2n) is 2.67. The molecule has 0 spiro atoms. The van der Waals surface area contributed by atoms with Gasteiger partial charge in [-0.15, -0.1) is 0 Å². The zero-order chi connectivity index (χ0) is 10.7. The Morgan fingerprint density at radius 2 is 2.07 bits per heavy atom. The molecule has 0 saturated carbocycles. The van der Waals surface area contributed by atoms with E-state index in [1.54, 1.807) is 12.1 Å². The molecule has 0 radical (unpaired) electrons. The molecule has 0 aliphatic heterocycles. The van der Waals surface area contributed by atoms with Crippen LogP contribution in [0.5, 0.6) is 10.9 Å². The molecule has 1 aromatic carbocycles. The summed E-state index contributed by atoms with van der Waals surface area (Å²) < 4.78 is 5.41. The lowest BCUT2D eigenvalue weighted by molar-refractivity contribution is 0.112. The van der Waals surface area contributed by atoms with E-state index in [4.69, 9.17) is 16.3 Å². The van der Waals surface area contributed by atoms with Crippen LogP contribution in [0.25, 0.3) is 0 Å². The van der Waals surface area contributed by atoms with Crippen molar-refractivity contribution in [1.29, 1.82) is 0 Å². The Morgan fingerprint density at radius 3 is 2.67 bits per heavy atom. The monoisotopic (exact) mass is 239 g/mol. The van der Waals surface area contributed by atoms with Gasteiger partial charge in [0, 0.05) is 0 Å². The van der Waals surface area contributed by atoms with E-state index in [-0.39, 0.29) is 5.15 Å². The molecule has 15 heavy (non-hydrogen) atoms. The average Bonchev–Trinajstić information content (AvgIpc) is 2.60. The zero-order valence-electron chi connectivity index (χ0n) is 7.51. The number of nitrogens with zero attached hydrogens (tertiary/aromatic N) is 1. The second kappa shape index (κ2) is 4.42. The summed E-state index contributed by atoms with van der Waals surface area (Å²) in [5, 5.41) is 0.550. The van der Waals surface area contributed by atoms with Crippen molar-refractivity contribution in [3.05, 3.63) is 40.4 Å². The van der Waals surface area contributed by atoms with Crippen LogP contribution in [0, 0.1) is 0 Å². The van der Waals surface area contributed by atoms with Gasteiger partial charge in [-0.05, 0) is 12.1 Å². The van der Waals surface area contributed by atoms with Crippen LogP contribution in [0.3, 0.4) is 0 Å². The maximum Gasteiger partial charge on any atom is 0.280 e. The van der Waals surface area contributed by atoms with Crippen LogP contribution in [0.4, 0.5) is 0 Å². The molecule has 0 saturated heterocycles. The van der Waals surface area contributed by atoms with E-state index in [2.05, 4.69) is 4.98 Å². The van der Waals surface area contributed by atoms with Crippen LogP contribution in [0.1, 0.15) is 9.67 Å². The highest BCUT2D eigenvalue weighted by Crippen LogP contribution is 2.30. The van der Waals surface area contributed by atoms with Crippen molar-refractivity contribution in [3.63, 3.8) is 0 Å². The number of thiazole rings is 1. The molecule has 0 aliphatic rings. The van der Waals surface area contributed by atoms with E-state index >= 15 is 0 Å². The lowest BCUT2D eigenvalue weighted by Crippen LogP contribution is -1.81. The van der Waals surface area contributed by atoms with Gasteiger partial charge in [0.05, 0.1) is 0 Å². The fourth-order valence-electron chi connectivity index (χ4n) is 1.000. The first-order chi connectivity index (χ1) is 7.29. The van der Waals surface area contributed by atoms with Crippen molar-refractivity contribution >= 4 is 29.2 Å². The number of carbonyl (C=O) groups is 1. The molecular formula is C10H6ClNO2S. The molecule has 1 aromatic heterocycles. The van der Waals surface area contributed by atoms with Crippen molar-refractivity contribution in [2.45, 2.75) is 0 Å². The van der Waals surface area contributed by atoms with E-state index in [9.17, 15) is 4.79 Å². The van der Waals surface area contributed by atoms with Crippen molar-refractivity contribution < 1.29 is 9.53 Å². The molecule has 0 bridgehead atoms. The van der Waals surface area contributed by atoms with E-state index < -0.39 is 0 Å². The molecule has 2 rings (SSSR count). The van der Waals surface area contributed by atoms with Gasteiger partial charge in [0.15, 0.2) is 11.4 Å². The summed E-state index contributed by atoms with van der Waals surface area (Å²) in [4.78, 5) is 14.8.